The molecule has 1 saturated heterocycles. The van der Waals surface area contributed by atoms with Gasteiger partial charge < -0.3 is 25.0 Å². The highest BCUT2D eigenvalue weighted by atomic mass is 35.5. The van der Waals surface area contributed by atoms with Gasteiger partial charge in [0.25, 0.3) is 5.91 Å². The molecule has 1 aromatic carbocycles. The van der Waals surface area contributed by atoms with Crippen molar-refractivity contribution in [3.05, 3.63) is 29.8 Å². The summed E-state index contributed by atoms with van der Waals surface area (Å²) in [5, 5.41) is 6.31. The Morgan fingerprint density at radius 3 is 2.43 bits per heavy atom. The van der Waals surface area contributed by atoms with Crippen molar-refractivity contribution < 1.29 is 14.3 Å². The van der Waals surface area contributed by atoms with Crippen molar-refractivity contribution >= 4 is 30.7 Å². The number of rotatable bonds is 10. The van der Waals surface area contributed by atoms with Crippen molar-refractivity contribution in [3.63, 3.8) is 0 Å². The lowest BCUT2D eigenvalue weighted by Crippen LogP contribution is -2.53. The van der Waals surface area contributed by atoms with E-state index < -0.39 is 5.60 Å². The zero-order valence-electron chi connectivity index (χ0n) is 17.2. The Balaban J connectivity index is 0.00000364. The maximum atomic E-state index is 12.7. The largest absolute Gasteiger partial charge is 0.492 e. The van der Waals surface area contributed by atoms with Crippen LogP contribution in [0.2, 0.25) is 0 Å². The summed E-state index contributed by atoms with van der Waals surface area (Å²) in [6.07, 6.45) is 1.38. The van der Waals surface area contributed by atoms with Gasteiger partial charge in [0.1, 0.15) is 18.0 Å². The molecule has 0 atom stereocenters. The van der Waals surface area contributed by atoms with E-state index in [1.54, 1.807) is 7.11 Å². The minimum Gasteiger partial charge on any atom is -0.492 e. The predicted molar refractivity (Wildman–Crippen MR) is 118 cm³/mol. The fraction of sp³-hybridized carbons (Fsp3) is 0.650. The molecule has 2 rings (SSSR count). The van der Waals surface area contributed by atoms with Crippen LogP contribution >= 0.6 is 24.8 Å². The lowest BCUT2D eigenvalue weighted by molar-refractivity contribution is -0.146. The highest BCUT2D eigenvalue weighted by molar-refractivity contribution is 5.86. The fourth-order valence-electron chi connectivity index (χ4n) is 3.31. The Bertz CT molecular complexity index is 565. The highest BCUT2D eigenvalue weighted by Crippen LogP contribution is 2.23. The standard InChI is InChI=1S/C20H33N3O3.2ClH/c1-4-23(5-2)14-15-26-18-9-7-6-8-17(18)16-22-19(24)20(25-3)10-12-21-13-11-20;;/h6-9,21H,4-5,10-16H2,1-3H3,(H,22,24);2*1H. The molecular weight excluding hydrogens is 401 g/mol. The van der Waals surface area contributed by atoms with Gasteiger partial charge in [0.15, 0.2) is 0 Å². The summed E-state index contributed by atoms with van der Waals surface area (Å²) >= 11 is 0. The van der Waals surface area contributed by atoms with Crippen LogP contribution in [-0.4, -0.2) is 62.8 Å². The van der Waals surface area contributed by atoms with Crippen molar-refractivity contribution in [2.45, 2.75) is 38.8 Å². The zero-order valence-corrected chi connectivity index (χ0v) is 18.8. The molecule has 1 amide bonds. The lowest BCUT2D eigenvalue weighted by Gasteiger charge is -2.34. The Kier molecular flexibility index (Phi) is 13.5. The fourth-order valence-corrected chi connectivity index (χ4v) is 3.31. The third-order valence-corrected chi connectivity index (χ3v) is 5.19. The number of ether oxygens (including phenoxy) is 2. The van der Waals surface area contributed by atoms with Crippen LogP contribution in [0.15, 0.2) is 24.3 Å². The monoisotopic (exact) mass is 435 g/mol. The molecule has 0 spiro atoms. The van der Waals surface area contributed by atoms with Crippen molar-refractivity contribution in [1.29, 1.82) is 0 Å². The van der Waals surface area contributed by atoms with Gasteiger partial charge in [-0.1, -0.05) is 32.0 Å². The third-order valence-electron chi connectivity index (χ3n) is 5.19. The van der Waals surface area contributed by atoms with Gasteiger partial charge in [-0.15, -0.1) is 24.8 Å². The molecule has 0 unspecified atom stereocenters. The van der Waals surface area contributed by atoms with E-state index in [9.17, 15) is 4.79 Å². The minimum atomic E-state index is -0.718. The number of methoxy groups -OCH3 is 1. The van der Waals surface area contributed by atoms with Crippen LogP contribution in [0.3, 0.4) is 0 Å². The summed E-state index contributed by atoms with van der Waals surface area (Å²) in [4.78, 5) is 15.0. The number of hydrogen-bond donors (Lipinski definition) is 2. The van der Waals surface area contributed by atoms with Crippen molar-refractivity contribution in [3.8, 4) is 5.75 Å². The summed E-state index contributed by atoms with van der Waals surface area (Å²) in [6.45, 7) is 9.92. The number of carbonyl (C=O) groups is 1. The molecular formula is C20H35Cl2N3O3. The van der Waals surface area contributed by atoms with E-state index in [2.05, 4.69) is 29.4 Å². The Morgan fingerprint density at radius 2 is 1.82 bits per heavy atom. The van der Waals surface area contributed by atoms with E-state index >= 15 is 0 Å². The summed E-state index contributed by atoms with van der Waals surface area (Å²) in [5.74, 6) is 0.788. The SMILES string of the molecule is CCN(CC)CCOc1ccccc1CNC(=O)C1(OC)CCNCC1.Cl.Cl. The summed E-state index contributed by atoms with van der Waals surface area (Å²) in [6, 6.07) is 7.88. The molecule has 0 aliphatic carbocycles. The molecule has 0 bridgehead atoms. The Hall–Kier alpha value is -1.05. The molecule has 0 aromatic heterocycles. The van der Waals surface area contributed by atoms with Crippen LogP contribution in [0.1, 0.15) is 32.3 Å². The van der Waals surface area contributed by atoms with E-state index in [0.29, 0.717) is 26.0 Å². The number of halogens is 2. The number of benzene rings is 1. The van der Waals surface area contributed by atoms with Gasteiger partial charge >= 0.3 is 0 Å². The maximum absolute atomic E-state index is 12.7. The van der Waals surface area contributed by atoms with E-state index in [1.165, 1.54) is 0 Å². The summed E-state index contributed by atoms with van der Waals surface area (Å²) in [7, 11) is 1.62. The molecule has 28 heavy (non-hydrogen) atoms. The molecule has 0 saturated carbocycles. The van der Waals surface area contributed by atoms with Crippen LogP contribution < -0.4 is 15.4 Å². The number of carbonyl (C=O) groups excluding carboxylic acids is 1. The smallest absolute Gasteiger partial charge is 0.252 e. The van der Waals surface area contributed by atoms with Gasteiger partial charge in [-0.05, 0) is 45.1 Å². The van der Waals surface area contributed by atoms with Crippen LogP contribution in [0.5, 0.6) is 5.75 Å². The minimum absolute atomic E-state index is 0. The average Bonchev–Trinajstić information content (AvgIpc) is 2.70. The number of nitrogens with zero attached hydrogens (tertiary/aromatic N) is 1. The quantitative estimate of drug-likeness (QED) is 0.591. The van der Waals surface area contributed by atoms with Gasteiger partial charge in [-0.2, -0.15) is 0 Å². The molecule has 8 heteroatoms. The molecule has 2 N–H and O–H groups in total. The van der Waals surface area contributed by atoms with Gasteiger partial charge in [0.05, 0.1) is 0 Å². The number of hydrogen-bond acceptors (Lipinski definition) is 5. The molecule has 6 nitrogen and oxygen atoms in total. The molecule has 1 aliphatic heterocycles. The third kappa shape index (κ3) is 7.41. The second-order valence-electron chi connectivity index (χ2n) is 6.61. The number of nitrogens with one attached hydrogen (secondary N) is 2. The first kappa shape index (κ1) is 27.0. The molecule has 1 aliphatic rings. The van der Waals surface area contributed by atoms with Crippen molar-refractivity contribution in [2.24, 2.45) is 0 Å². The summed E-state index contributed by atoms with van der Waals surface area (Å²) < 4.78 is 11.6. The highest BCUT2D eigenvalue weighted by Gasteiger charge is 2.39. The summed E-state index contributed by atoms with van der Waals surface area (Å²) in [5.41, 5.74) is 0.268. The lowest BCUT2D eigenvalue weighted by atomic mass is 9.91. The van der Waals surface area contributed by atoms with Crippen LogP contribution in [0.4, 0.5) is 0 Å². The zero-order chi connectivity index (χ0) is 18.8. The average molecular weight is 436 g/mol. The molecule has 1 heterocycles. The van der Waals surface area contributed by atoms with Gasteiger partial charge in [0, 0.05) is 25.8 Å². The van der Waals surface area contributed by atoms with E-state index in [4.69, 9.17) is 9.47 Å². The van der Waals surface area contributed by atoms with Gasteiger partial charge in [-0.25, -0.2) is 0 Å². The Labute approximate surface area is 181 Å². The normalized spacial score (nSPS) is 15.3. The first-order valence-corrected chi connectivity index (χ1v) is 9.62. The van der Waals surface area contributed by atoms with Crippen molar-refractivity contribution in [2.75, 3.05) is 46.4 Å². The number of para-hydroxylation sites is 1. The number of likely N-dealkylation sites (N-methyl/N-ethyl adjacent to an activating group) is 1. The van der Waals surface area contributed by atoms with Crippen LogP contribution in [0.25, 0.3) is 0 Å². The maximum Gasteiger partial charge on any atom is 0.252 e. The van der Waals surface area contributed by atoms with E-state index in [0.717, 1.165) is 44.0 Å². The first-order chi connectivity index (χ1) is 12.6. The van der Waals surface area contributed by atoms with Gasteiger partial charge in [-0.3, -0.25) is 4.79 Å². The molecule has 0 radical (unpaired) electrons. The van der Waals surface area contributed by atoms with Gasteiger partial charge in [0.2, 0.25) is 0 Å². The van der Waals surface area contributed by atoms with Crippen LogP contribution in [0, 0.1) is 0 Å². The van der Waals surface area contributed by atoms with E-state index in [1.807, 2.05) is 24.3 Å². The molecule has 1 aromatic rings. The number of amides is 1. The van der Waals surface area contributed by atoms with E-state index in [-0.39, 0.29) is 30.7 Å². The second-order valence-corrected chi connectivity index (χ2v) is 6.61. The Morgan fingerprint density at radius 1 is 1.18 bits per heavy atom. The first-order valence-electron chi connectivity index (χ1n) is 9.62. The molecule has 162 valence electrons. The second kappa shape index (κ2) is 14.0. The predicted octanol–water partition coefficient (Wildman–Crippen LogP) is 2.64. The van der Waals surface area contributed by atoms with Crippen LogP contribution in [-0.2, 0) is 16.1 Å². The molecule has 1 fully saturated rings. The number of piperidine rings is 1. The van der Waals surface area contributed by atoms with Crippen molar-refractivity contribution in [1.82, 2.24) is 15.5 Å². The topological polar surface area (TPSA) is 62.8 Å².